The molecule has 14 heteroatoms. The van der Waals surface area contributed by atoms with Crippen molar-refractivity contribution in [2.24, 2.45) is 0 Å². The molecule has 4 aromatic rings. The molecule has 2 aliphatic heterocycles. The zero-order valence-electron chi connectivity index (χ0n) is 21.9. The summed E-state index contributed by atoms with van der Waals surface area (Å²) in [4.78, 5) is 35.2. The van der Waals surface area contributed by atoms with Crippen molar-refractivity contribution in [3.05, 3.63) is 53.4 Å². The average Bonchev–Trinajstić information content (AvgIpc) is 3.30. The highest BCUT2D eigenvalue weighted by molar-refractivity contribution is 6.36. The Morgan fingerprint density at radius 1 is 1.14 bits per heavy atom. The number of nitrogens with zero attached hydrogens (tertiary/aromatic N) is 4. The van der Waals surface area contributed by atoms with E-state index in [2.05, 4.69) is 25.2 Å². The number of fused-ring (bicyclic) bond motifs is 4. The lowest BCUT2D eigenvalue weighted by atomic mass is 10.0. The van der Waals surface area contributed by atoms with Crippen LogP contribution in [0.5, 0.6) is 6.01 Å². The van der Waals surface area contributed by atoms with Gasteiger partial charge in [0.2, 0.25) is 6.29 Å². The van der Waals surface area contributed by atoms with Gasteiger partial charge in [0, 0.05) is 47.3 Å². The Morgan fingerprint density at radius 3 is 2.45 bits per heavy atom. The van der Waals surface area contributed by atoms with Crippen molar-refractivity contribution in [3.63, 3.8) is 0 Å². The maximum absolute atomic E-state index is 16.2. The van der Waals surface area contributed by atoms with Gasteiger partial charge in [-0.25, -0.2) is 4.39 Å². The Labute approximate surface area is 241 Å². The Hall–Kier alpha value is -4.10. The predicted molar refractivity (Wildman–Crippen MR) is 147 cm³/mol. The van der Waals surface area contributed by atoms with E-state index >= 15 is 4.39 Å². The van der Waals surface area contributed by atoms with Crippen LogP contribution >= 0.6 is 11.6 Å². The van der Waals surface area contributed by atoms with Gasteiger partial charge in [0.05, 0.1) is 11.8 Å². The number of alkyl halides is 3. The number of hydrogen-bond donors (Lipinski definition) is 2. The minimum absolute atomic E-state index is 0.0587. The number of benzene rings is 2. The maximum Gasteiger partial charge on any atom is 0.446 e. The molecule has 6 rings (SSSR count). The van der Waals surface area contributed by atoms with Crippen LogP contribution in [0.25, 0.3) is 32.9 Å². The van der Waals surface area contributed by atoms with E-state index in [0.717, 1.165) is 31.3 Å². The lowest BCUT2D eigenvalue weighted by molar-refractivity contribution is -0.156. The first-order chi connectivity index (χ1) is 20.0. The zero-order valence-corrected chi connectivity index (χ0v) is 22.6. The second kappa shape index (κ2) is 12.0. The SMILES string of the molecule is O=C(O)CCOc1nc(N2C[C@H]3CC[C@@H](C2)N3)c2cnc(-c3cccc4cccc(Cl)c34)c(F)c2n1.O=CC(F)(F)F. The van der Waals surface area contributed by atoms with Crippen LogP contribution in [0.3, 0.4) is 0 Å². The van der Waals surface area contributed by atoms with Gasteiger partial charge in [0.15, 0.2) is 5.82 Å². The summed E-state index contributed by atoms with van der Waals surface area (Å²) < 4.78 is 53.0. The number of nitrogens with one attached hydrogen (secondary N) is 1. The van der Waals surface area contributed by atoms with Crippen LogP contribution in [0.4, 0.5) is 23.4 Å². The third-order valence-electron chi connectivity index (χ3n) is 6.95. The van der Waals surface area contributed by atoms with E-state index in [-0.39, 0.29) is 30.2 Å². The maximum atomic E-state index is 16.2. The standard InChI is InChI=1S/C26H23ClFN5O3.C2HF3O/c27-19-6-2-4-14-3-1-5-17(21(14)19)23-22(28)24-18(11-29-23)25(32-26(31-24)36-10-9-20(34)35)33-12-15-7-8-16(13-33)30-15;3-2(4,5)1-6/h1-6,11,15-16,30H,7-10,12-13H2,(H,34,35);1H/t15-,16+;. The number of aromatic nitrogens is 3. The Bertz CT molecular complexity index is 1640. The van der Waals surface area contributed by atoms with Gasteiger partial charge >= 0.3 is 18.2 Å². The molecule has 0 unspecified atom stereocenters. The summed E-state index contributed by atoms with van der Waals surface area (Å²) in [6.45, 7) is 1.32. The summed E-state index contributed by atoms with van der Waals surface area (Å²) in [5, 5.41) is 15.1. The number of carboxylic acids is 1. The third-order valence-corrected chi connectivity index (χ3v) is 7.26. The monoisotopic (exact) mass is 605 g/mol. The van der Waals surface area contributed by atoms with Crippen LogP contribution in [0, 0.1) is 5.82 Å². The number of ether oxygens (including phenoxy) is 1. The molecule has 2 fully saturated rings. The molecule has 2 aliphatic rings. The summed E-state index contributed by atoms with van der Waals surface area (Å²) >= 11 is 6.49. The summed E-state index contributed by atoms with van der Waals surface area (Å²) in [6.07, 6.45) is -2.17. The molecule has 42 heavy (non-hydrogen) atoms. The molecule has 2 aromatic carbocycles. The van der Waals surface area contributed by atoms with Crippen molar-refractivity contribution in [1.82, 2.24) is 20.3 Å². The van der Waals surface area contributed by atoms with E-state index in [1.165, 1.54) is 0 Å². The zero-order chi connectivity index (χ0) is 30.0. The van der Waals surface area contributed by atoms with E-state index in [1.807, 2.05) is 24.3 Å². The third kappa shape index (κ3) is 6.36. The fourth-order valence-corrected chi connectivity index (χ4v) is 5.49. The molecule has 9 nitrogen and oxygen atoms in total. The summed E-state index contributed by atoms with van der Waals surface area (Å²) in [5.74, 6) is -1.07. The van der Waals surface area contributed by atoms with Gasteiger partial charge < -0.3 is 20.1 Å². The molecule has 0 radical (unpaired) electrons. The van der Waals surface area contributed by atoms with Crippen molar-refractivity contribution in [1.29, 1.82) is 0 Å². The highest BCUT2D eigenvalue weighted by Gasteiger charge is 2.34. The molecule has 4 heterocycles. The van der Waals surface area contributed by atoms with E-state index in [0.29, 0.717) is 39.3 Å². The molecular formula is C28H24ClF4N5O4. The first-order valence-corrected chi connectivity index (χ1v) is 13.3. The van der Waals surface area contributed by atoms with Gasteiger partial charge in [0.25, 0.3) is 0 Å². The van der Waals surface area contributed by atoms with E-state index in [9.17, 15) is 18.0 Å². The number of anilines is 1. The van der Waals surface area contributed by atoms with Crippen molar-refractivity contribution in [2.45, 2.75) is 37.5 Å². The molecule has 0 amide bonds. The molecule has 2 N–H and O–H groups in total. The van der Waals surface area contributed by atoms with Crippen molar-refractivity contribution < 1.29 is 37.0 Å². The number of carbonyl (C=O) groups is 2. The number of rotatable bonds is 6. The fraction of sp³-hybridized carbons (Fsp3) is 0.321. The molecular weight excluding hydrogens is 582 g/mol. The smallest absolute Gasteiger partial charge is 0.446 e. The molecule has 0 aliphatic carbocycles. The van der Waals surface area contributed by atoms with Crippen molar-refractivity contribution >= 4 is 51.3 Å². The number of aliphatic carboxylic acids is 1. The number of hydrogen-bond acceptors (Lipinski definition) is 8. The highest BCUT2D eigenvalue weighted by atomic mass is 35.5. The van der Waals surface area contributed by atoms with Crippen LogP contribution in [0.2, 0.25) is 5.02 Å². The number of pyridine rings is 1. The molecule has 2 bridgehead atoms. The minimum Gasteiger partial charge on any atom is -0.481 e. The number of piperazine rings is 1. The second-order valence-electron chi connectivity index (χ2n) is 9.85. The number of carboxylic acid groups (broad SMARTS) is 1. The van der Waals surface area contributed by atoms with Gasteiger partial charge in [-0.2, -0.15) is 23.1 Å². The molecule has 2 saturated heterocycles. The van der Waals surface area contributed by atoms with Gasteiger partial charge in [-0.3, -0.25) is 14.6 Å². The van der Waals surface area contributed by atoms with Crippen molar-refractivity contribution in [3.8, 4) is 17.3 Å². The molecule has 2 atom stereocenters. The number of carbonyl (C=O) groups excluding carboxylic acids is 1. The fourth-order valence-electron chi connectivity index (χ4n) is 5.21. The second-order valence-corrected chi connectivity index (χ2v) is 10.3. The van der Waals surface area contributed by atoms with Crippen LogP contribution in [-0.4, -0.2) is 70.3 Å². The molecule has 0 saturated carbocycles. The van der Waals surface area contributed by atoms with Gasteiger partial charge in [-0.1, -0.05) is 41.9 Å². The van der Waals surface area contributed by atoms with E-state index < -0.39 is 24.2 Å². The summed E-state index contributed by atoms with van der Waals surface area (Å²) in [5.41, 5.74) is 0.763. The average molecular weight is 606 g/mol. The normalized spacial score (nSPS) is 18.1. The summed E-state index contributed by atoms with van der Waals surface area (Å²) in [7, 11) is 0. The minimum atomic E-state index is -4.64. The lowest BCUT2D eigenvalue weighted by Crippen LogP contribution is -2.51. The van der Waals surface area contributed by atoms with Gasteiger partial charge in [-0.05, 0) is 24.3 Å². The quantitative estimate of drug-likeness (QED) is 0.226. The van der Waals surface area contributed by atoms with Crippen LogP contribution in [-0.2, 0) is 9.59 Å². The molecule has 220 valence electrons. The molecule has 0 spiro atoms. The van der Waals surface area contributed by atoms with E-state index in [1.54, 1.807) is 18.3 Å². The number of halogens is 5. The number of aldehydes is 1. The Balaban J connectivity index is 0.000000535. The van der Waals surface area contributed by atoms with Crippen LogP contribution < -0.4 is 15.0 Å². The van der Waals surface area contributed by atoms with Crippen molar-refractivity contribution in [2.75, 3.05) is 24.6 Å². The predicted octanol–water partition coefficient (Wildman–Crippen LogP) is 5.18. The first kappa shape index (κ1) is 29.4. The lowest BCUT2D eigenvalue weighted by Gasteiger charge is -2.34. The Kier molecular flexibility index (Phi) is 8.41. The molecule has 2 aromatic heterocycles. The highest BCUT2D eigenvalue weighted by Crippen LogP contribution is 2.38. The topological polar surface area (TPSA) is 118 Å². The van der Waals surface area contributed by atoms with Crippen LogP contribution in [0.15, 0.2) is 42.6 Å². The Morgan fingerprint density at radius 2 is 1.81 bits per heavy atom. The van der Waals surface area contributed by atoms with Crippen LogP contribution in [0.1, 0.15) is 19.3 Å². The first-order valence-electron chi connectivity index (χ1n) is 13.0. The van der Waals surface area contributed by atoms with Gasteiger partial charge in [-0.15, -0.1) is 0 Å². The van der Waals surface area contributed by atoms with E-state index in [4.69, 9.17) is 26.2 Å². The van der Waals surface area contributed by atoms with Gasteiger partial charge in [0.1, 0.15) is 23.6 Å². The summed E-state index contributed by atoms with van der Waals surface area (Å²) in [6, 6.07) is 11.7. The largest absolute Gasteiger partial charge is 0.481 e.